The number of aryl methyl sites for hydroxylation is 1. The second kappa shape index (κ2) is 10.2. The maximum Gasteiger partial charge on any atom is 0.268 e. The minimum Gasteiger partial charge on any atom is -0.508 e. The molecular formula is C25H23FN8O2S. The number of rotatable bonds is 7. The number of nitrogens with one attached hydrogen (secondary N) is 3. The normalized spacial score (nSPS) is 10.8. The number of halogens is 1. The zero-order valence-electron chi connectivity index (χ0n) is 19.9. The molecule has 0 unspecified atom stereocenters. The highest BCUT2D eigenvalue weighted by Crippen LogP contribution is 2.25. The summed E-state index contributed by atoms with van der Waals surface area (Å²) in [4.78, 5) is 26.1. The molecule has 0 saturated heterocycles. The van der Waals surface area contributed by atoms with Crippen molar-refractivity contribution in [2.75, 3.05) is 11.1 Å². The number of nitrogen functional groups attached to an aromatic ring is 1. The fourth-order valence-corrected chi connectivity index (χ4v) is 4.25. The molecule has 37 heavy (non-hydrogen) atoms. The van der Waals surface area contributed by atoms with Gasteiger partial charge in [0.2, 0.25) is 0 Å². The van der Waals surface area contributed by atoms with E-state index in [-0.39, 0.29) is 62.9 Å². The Morgan fingerprint density at radius 1 is 1.19 bits per heavy atom. The molecule has 2 aromatic carbocycles. The van der Waals surface area contributed by atoms with Crippen molar-refractivity contribution in [3.05, 3.63) is 93.0 Å². The Balaban J connectivity index is 1.80. The molecule has 188 valence electrons. The zero-order chi connectivity index (χ0) is 26.9. The lowest BCUT2D eigenvalue weighted by Crippen LogP contribution is -2.31. The van der Waals surface area contributed by atoms with Gasteiger partial charge in [-0.1, -0.05) is 18.2 Å². The number of thiol groups is 1. The van der Waals surface area contributed by atoms with E-state index >= 15 is 0 Å². The third-order valence-corrected chi connectivity index (χ3v) is 5.90. The standard InChI is InChI=1S/C25H23FN8O2S/c1-12-5-3-4-6-17(12)34-18(33-24(37)19(13(2)27)25(34)36)10-30-23-20(22(29)31-11-32-23)21(28)14-7-15(26)9-16(35)8-14/h3-9,11,27-28,35,37H,10H2,1-2H3,(H3,29,30,31,32). The number of aromatic hydroxyl groups is 1. The van der Waals surface area contributed by atoms with Gasteiger partial charge in [-0.15, -0.1) is 12.6 Å². The van der Waals surface area contributed by atoms with Crippen molar-refractivity contribution in [2.24, 2.45) is 0 Å². The maximum atomic E-state index is 13.9. The number of nitrogens with two attached hydrogens (primary N) is 1. The number of phenols is 1. The summed E-state index contributed by atoms with van der Waals surface area (Å²) in [5, 5.41) is 29.5. The number of para-hydroxylation sites is 1. The molecule has 4 aromatic rings. The Bertz CT molecular complexity index is 1600. The molecule has 2 aromatic heterocycles. The van der Waals surface area contributed by atoms with Gasteiger partial charge in [0.15, 0.2) is 0 Å². The van der Waals surface area contributed by atoms with Crippen LogP contribution in [0.4, 0.5) is 16.0 Å². The van der Waals surface area contributed by atoms with Crippen molar-refractivity contribution in [3.63, 3.8) is 0 Å². The molecule has 0 radical (unpaired) electrons. The van der Waals surface area contributed by atoms with Crippen molar-refractivity contribution in [1.82, 2.24) is 19.5 Å². The van der Waals surface area contributed by atoms with Crippen molar-refractivity contribution in [3.8, 4) is 11.4 Å². The van der Waals surface area contributed by atoms with E-state index < -0.39 is 11.4 Å². The summed E-state index contributed by atoms with van der Waals surface area (Å²) < 4.78 is 15.3. The molecule has 0 aliphatic heterocycles. The number of anilines is 2. The summed E-state index contributed by atoms with van der Waals surface area (Å²) in [5.74, 6) is -0.703. The molecular weight excluding hydrogens is 495 g/mol. The smallest absolute Gasteiger partial charge is 0.268 e. The summed E-state index contributed by atoms with van der Waals surface area (Å²) in [5.41, 5.74) is 7.03. The zero-order valence-corrected chi connectivity index (χ0v) is 20.8. The van der Waals surface area contributed by atoms with Crippen molar-refractivity contribution in [1.29, 1.82) is 10.8 Å². The largest absolute Gasteiger partial charge is 0.508 e. The highest BCUT2D eigenvalue weighted by atomic mass is 32.1. The summed E-state index contributed by atoms with van der Waals surface area (Å²) in [6.45, 7) is 3.30. The topological polar surface area (TPSA) is 167 Å². The van der Waals surface area contributed by atoms with Crippen LogP contribution in [0.25, 0.3) is 5.69 Å². The van der Waals surface area contributed by atoms with E-state index in [0.29, 0.717) is 5.69 Å². The van der Waals surface area contributed by atoms with Crippen molar-refractivity contribution < 1.29 is 9.50 Å². The second-order valence-corrected chi connectivity index (χ2v) is 8.61. The van der Waals surface area contributed by atoms with Gasteiger partial charge in [-0.2, -0.15) is 0 Å². The summed E-state index contributed by atoms with van der Waals surface area (Å²) in [6, 6.07) is 10.5. The van der Waals surface area contributed by atoms with E-state index in [1.54, 1.807) is 12.1 Å². The summed E-state index contributed by atoms with van der Waals surface area (Å²) in [6.07, 6.45) is 1.20. The van der Waals surface area contributed by atoms with Crippen LogP contribution >= 0.6 is 12.6 Å². The molecule has 0 saturated carbocycles. The lowest BCUT2D eigenvalue weighted by molar-refractivity contribution is 0.469. The van der Waals surface area contributed by atoms with E-state index in [2.05, 4.69) is 32.9 Å². The van der Waals surface area contributed by atoms with Gasteiger partial charge in [0.1, 0.15) is 40.4 Å². The number of benzene rings is 2. The predicted octanol–water partition coefficient (Wildman–Crippen LogP) is 3.46. The van der Waals surface area contributed by atoms with Crippen LogP contribution in [0.15, 0.2) is 58.6 Å². The first kappa shape index (κ1) is 25.5. The second-order valence-electron chi connectivity index (χ2n) is 8.19. The molecule has 0 atom stereocenters. The van der Waals surface area contributed by atoms with Crippen LogP contribution in [0.1, 0.15) is 35.0 Å². The van der Waals surface area contributed by atoms with E-state index in [1.807, 2.05) is 19.1 Å². The molecule has 2 heterocycles. The number of nitrogens with zero attached hydrogens (tertiary/aromatic N) is 4. The first-order valence-electron chi connectivity index (χ1n) is 11.0. The predicted molar refractivity (Wildman–Crippen MR) is 142 cm³/mol. The van der Waals surface area contributed by atoms with Gasteiger partial charge in [-0.05, 0) is 37.6 Å². The van der Waals surface area contributed by atoms with E-state index in [9.17, 15) is 14.3 Å². The highest BCUT2D eigenvalue weighted by molar-refractivity contribution is 7.80. The van der Waals surface area contributed by atoms with Crippen LogP contribution < -0.4 is 16.6 Å². The quantitative estimate of drug-likeness (QED) is 0.124. The lowest BCUT2D eigenvalue weighted by atomic mass is 10.0. The highest BCUT2D eigenvalue weighted by Gasteiger charge is 2.21. The lowest BCUT2D eigenvalue weighted by Gasteiger charge is -2.18. The molecule has 6 N–H and O–H groups in total. The van der Waals surface area contributed by atoms with Crippen LogP contribution in [0.2, 0.25) is 0 Å². The molecule has 0 fully saturated rings. The average Bonchev–Trinajstić information content (AvgIpc) is 2.82. The van der Waals surface area contributed by atoms with Gasteiger partial charge in [0, 0.05) is 17.3 Å². The monoisotopic (exact) mass is 518 g/mol. The first-order valence-corrected chi connectivity index (χ1v) is 11.4. The average molecular weight is 519 g/mol. The minimum absolute atomic E-state index is 0.0296. The number of phenolic OH excluding ortho intramolecular Hbond substituents is 1. The van der Waals surface area contributed by atoms with Crippen molar-refractivity contribution >= 4 is 35.7 Å². The van der Waals surface area contributed by atoms with Crippen LogP contribution in [0, 0.1) is 23.6 Å². The molecule has 4 rings (SSSR count). The Hall–Kier alpha value is -4.58. The number of hydrogen-bond acceptors (Lipinski definition) is 10. The summed E-state index contributed by atoms with van der Waals surface area (Å²) in [7, 11) is 0. The van der Waals surface area contributed by atoms with Gasteiger partial charge in [-0.3, -0.25) is 14.8 Å². The number of aromatic nitrogens is 4. The van der Waals surface area contributed by atoms with E-state index in [1.165, 1.54) is 23.9 Å². The number of hydrogen-bond donors (Lipinski definition) is 6. The first-order chi connectivity index (χ1) is 17.6. The fourth-order valence-electron chi connectivity index (χ4n) is 3.87. The summed E-state index contributed by atoms with van der Waals surface area (Å²) >= 11 is 4.35. The molecule has 0 amide bonds. The van der Waals surface area contributed by atoms with E-state index in [4.69, 9.17) is 16.6 Å². The van der Waals surface area contributed by atoms with Crippen molar-refractivity contribution in [2.45, 2.75) is 25.4 Å². The van der Waals surface area contributed by atoms with Crippen LogP contribution in [-0.4, -0.2) is 36.0 Å². The Morgan fingerprint density at radius 2 is 1.92 bits per heavy atom. The van der Waals surface area contributed by atoms with Crippen LogP contribution in [0.3, 0.4) is 0 Å². The van der Waals surface area contributed by atoms with Crippen LogP contribution in [0.5, 0.6) is 5.75 Å². The van der Waals surface area contributed by atoms with Crippen LogP contribution in [-0.2, 0) is 6.54 Å². The SMILES string of the molecule is CC(=N)c1c(S)nc(CNc2ncnc(N)c2C(=N)c2cc(O)cc(F)c2)n(-c2ccccc2C)c1=O. The molecule has 0 spiro atoms. The Kier molecular flexibility index (Phi) is 7.02. The van der Waals surface area contributed by atoms with E-state index in [0.717, 1.165) is 17.7 Å². The molecule has 0 aliphatic carbocycles. The van der Waals surface area contributed by atoms with Gasteiger partial charge >= 0.3 is 0 Å². The Morgan fingerprint density at radius 3 is 2.59 bits per heavy atom. The molecule has 12 heteroatoms. The third kappa shape index (κ3) is 5.05. The van der Waals surface area contributed by atoms with Gasteiger partial charge in [0.25, 0.3) is 5.56 Å². The Labute approximate surface area is 216 Å². The van der Waals surface area contributed by atoms with Gasteiger partial charge in [0.05, 0.1) is 29.1 Å². The third-order valence-electron chi connectivity index (χ3n) is 5.58. The van der Waals surface area contributed by atoms with Gasteiger partial charge < -0.3 is 21.6 Å². The maximum absolute atomic E-state index is 13.9. The molecule has 0 bridgehead atoms. The minimum atomic E-state index is -0.723. The molecule has 0 aliphatic rings. The molecule has 10 nitrogen and oxygen atoms in total. The fraction of sp³-hybridized carbons (Fsp3) is 0.120. The van der Waals surface area contributed by atoms with Gasteiger partial charge in [-0.25, -0.2) is 19.3 Å².